The number of pyridine rings is 2. The molecule has 2 aliphatic rings. The van der Waals surface area contributed by atoms with Crippen LogP contribution in [0.15, 0.2) is 163 Å². The van der Waals surface area contributed by atoms with Crippen molar-refractivity contribution in [3.05, 3.63) is 169 Å². The molecule has 54 heavy (non-hydrogen) atoms. The Bertz CT molecular complexity index is 2720. The normalized spacial score (nSPS) is 15.0. The topological polar surface area (TPSA) is 75.8 Å². The van der Waals surface area contributed by atoms with Crippen LogP contribution in [-0.4, -0.2) is 20.6 Å². The van der Waals surface area contributed by atoms with Crippen molar-refractivity contribution in [3.8, 4) is 22.3 Å². The Kier molecular flexibility index (Phi) is 7.66. The van der Waals surface area contributed by atoms with Gasteiger partial charge in [0.1, 0.15) is 5.69 Å². The Morgan fingerprint density at radius 2 is 1.33 bits per heavy atom. The number of benzene rings is 6. The molecule has 8 aromatic rings. The number of quaternary nitrogens is 1. The van der Waals surface area contributed by atoms with Crippen molar-refractivity contribution >= 4 is 69.5 Å². The first-order valence-corrected chi connectivity index (χ1v) is 18.1. The summed E-state index contributed by atoms with van der Waals surface area (Å²) < 4.78 is 14.6. The highest BCUT2D eigenvalue weighted by atomic mass is 19.1. The molecule has 0 fully saturated rings. The molecule has 9 heteroatoms. The van der Waals surface area contributed by atoms with E-state index in [9.17, 15) is 4.32 Å². The van der Waals surface area contributed by atoms with E-state index < -0.39 is 0 Å². The Hall–Kier alpha value is -6.84. The molecule has 0 saturated heterocycles. The minimum absolute atomic E-state index is 0.318. The van der Waals surface area contributed by atoms with Crippen molar-refractivity contribution in [2.75, 3.05) is 22.1 Å². The number of aromatic amines is 2. The summed E-state index contributed by atoms with van der Waals surface area (Å²) in [5.41, 5.74) is 10.8. The van der Waals surface area contributed by atoms with Crippen LogP contribution < -0.4 is 30.3 Å². The molecule has 0 saturated carbocycles. The van der Waals surface area contributed by atoms with Gasteiger partial charge in [0.25, 0.3) is 5.82 Å². The Balaban J connectivity index is 0.905. The lowest BCUT2D eigenvalue weighted by molar-refractivity contribution is -0.438. The molecule has 10 rings (SSSR count). The van der Waals surface area contributed by atoms with Crippen LogP contribution in [0, 0.1) is 0 Å². The summed E-state index contributed by atoms with van der Waals surface area (Å²) in [5.74, 6) is 2.70. The molecule has 1 unspecified atom stereocenters. The zero-order valence-corrected chi connectivity index (χ0v) is 29.5. The summed E-state index contributed by atoms with van der Waals surface area (Å²) in [6, 6.07) is 50.3. The van der Waals surface area contributed by atoms with Gasteiger partial charge in [0.05, 0.1) is 30.4 Å². The van der Waals surface area contributed by atoms with E-state index in [2.05, 4.69) is 129 Å². The van der Waals surface area contributed by atoms with Gasteiger partial charge in [-0.05, 0) is 87.6 Å². The summed E-state index contributed by atoms with van der Waals surface area (Å²) in [7, 11) is 2.68. The van der Waals surface area contributed by atoms with Gasteiger partial charge in [-0.1, -0.05) is 72.8 Å². The Labute approximate surface area is 312 Å². The van der Waals surface area contributed by atoms with Crippen LogP contribution in [0.5, 0.6) is 0 Å². The number of nitrogens with one attached hydrogen (secondary N) is 3. The fourth-order valence-electron chi connectivity index (χ4n) is 8.17. The average molecular weight is 704 g/mol. The monoisotopic (exact) mass is 703 g/mol. The van der Waals surface area contributed by atoms with E-state index in [-0.39, 0.29) is 6.17 Å². The molecule has 1 radical (unpaired) electrons. The molecule has 0 spiro atoms. The number of H-pyrrole nitrogens is 2. The predicted molar refractivity (Wildman–Crippen MR) is 216 cm³/mol. The van der Waals surface area contributed by atoms with E-state index in [1.807, 2.05) is 61.9 Å². The third-order valence-corrected chi connectivity index (χ3v) is 10.7. The summed E-state index contributed by atoms with van der Waals surface area (Å²) in [4.78, 5) is 15.2. The van der Waals surface area contributed by atoms with Crippen molar-refractivity contribution < 1.29 is 19.6 Å². The molecule has 2 aliphatic heterocycles. The second kappa shape index (κ2) is 13.0. The molecular formula is C45H35BFN7+3. The van der Waals surface area contributed by atoms with E-state index in [1.165, 1.54) is 22.0 Å². The van der Waals surface area contributed by atoms with Crippen LogP contribution in [0.4, 0.5) is 38.7 Å². The van der Waals surface area contributed by atoms with Crippen molar-refractivity contribution in [1.82, 2.24) is 0 Å². The fourth-order valence-corrected chi connectivity index (χ4v) is 8.17. The van der Waals surface area contributed by atoms with E-state index >= 15 is 0 Å². The maximum Gasteiger partial charge on any atom is 0.494 e. The molecule has 0 aliphatic carbocycles. The zero-order valence-electron chi connectivity index (χ0n) is 29.5. The van der Waals surface area contributed by atoms with Gasteiger partial charge in [-0.25, -0.2) is 20.2 Å². The molecular weight excluding hydrogens is 668 g/mol. The number of nitrogens with zero attached hydrogens (tertiary/aromatic N) is 3. The van der Waals surface area contributed by atoms with Crippen molar-refractivity contribution in [1.29, 1.82) is 0 Å². The lowest BCUT2D eigenvalue weighted by atomic mass is 9.95. The first-order valence-electron chi connectivity index (χ1n) is 18.1. The number of aliphatic imine (C=N–C) groups is 1. The van der Waals surface area contributed by atoms with Gasteiger partial charge in [-0.2, -0.15) is 0 Å². The Morgan fingerprint density at radius 3 is 2.00 bits per heavy atom. The lowest BCUT2D eigenvalue weighted by Crippen LogP contribution is -2.80. The van der Waals surface area contributed by atoms with Crippen molar-refractivity contribution in [3.63, 3.8) is 0 Å². The summed E-state index contributed by atoms with van der Waals surface area (Å²) in [6.45, 7) is 0. The van der Waals surface area contributed by atoms with E-state index in [4.69, 9.17) is 4.99 Å². The van der Waals surface area contributed by atoms with Crippen LogP contribution in [-0.2, 0) is 0 Å². The van der Waals surface area contributed by atoms with Crippen molar-refractivity contribution in [2.45, 2.75) is 6.17 Å². The SMILES string of the molecule is CN(c1cccc[nH+]1)C1c2cccc3c(-c4ccc(Nc5ccc(-c6ccc7c8c(cccc68)C(=Nc6cccc[nH+]6)[NH2+]7)cc5)cc4)ccc(c23)N1[B]F. The predicted octanol–water partition coefficient (Wildman–Crippen LogP) is 8.44. The maximum absolute atomic E-state index is 14.6. The number of halogens is 1. The first kappa shape index (κ1) is 31.9. The smallest absolute Gasteiger partial charge is 0.356 e. The second-order valence-corrected chi connectivity index (χ2v) is 13.7. The zero-order chi connectivity index (χ0) is 36.2. The first-order chi connectivity index (χ1) is 26.6. The van der Waals surface area contributed by atoms with Crippen LogP contribution in [0.2, 0.25) is 0 Å². The number of nitrogens with two attached hydrogens (primary N) is 1. The number of aromatic nitrogens is 2. The minimum Gasteiger partial charge on any atom is -0.356 e. The van der Waals surface area contributed by atoms with Gasteiger partial charge in [0, 0.05) is 51.2 Å². The molecule has 7 nitrogen and oxygen atoms in total. The third kappa shape index (κ3) is 5.28. The molecule has 4 heterocycles. The van der Waals surface area contributed by atoms with Gasteiger partial charge in [-0.15, -0.1) is 0 Å². The molecule has 257 valence electrons. The molecule has 5 N–H and O–H groups in total. The lowest BCUT2D eigenvalue weighted by Gasteiger charge is -2.28. The molecule has 1 atom stereocenters. The van der Waals surface area contributed by atoms with Crippen LogP contribution in [0.3, 0.4) is 0 Å². The van der Waals surface area contributed by atoms with E-state index in [0.29, 0.717) is 7.69 Å². The highest BCUT2D eigenvalue weighted by Gasteiger charge is 2.39. The Morgan fingerprint density at radius 1 is 0.667 bits per heavy atom. The molecule has 0 bridgehead atoms. The average Bonchev–Trinajstić information content (AvgIpc) is 3.76. The number of hydrogen-bond acceptors (Lipinski definition) is 4. The minimum atomic E-state index is -0.318. The largest absolute Gasteiger partial charge is 0.494 e. The van der Waals surface area contributed by atoms with Gasteiger partial charge in [0.15, 0.2) is 6.17 Å². The van der Waals surface area contributed by atoms with Crippen LogP contribution in [0.1, 0.15) is 17.3 Å². The van der Waals surface area contributed by atoms with E-state index in [1.54, 1.807) is 4.81 Å². The number of hydrogen-bond donors (Lipinski definition) is 2. The molecule has 0 amide bonds. The number of amidine groups is 1. The van der Waals surface area contributed by atoms with E-state index in [0.717, 1.165) is 73.1 Å². The van der Waals surface area contributed by atoms with Gasteiger partial charge in [0.2, 0.25) is 0 Å². The quantitative estimate of drug-likeness (QED) is 0.123. The van der Waals surface area contributed by atoms with Crippen LogP contribution >= 0.6 is 0 Å². The molecule has 6 aromatic carbocycles. The van der Waals surface area contributed by atoms with Crippen molar-refractivity contribution in [2.24, 2.45) is 4.99 Å². The standard InChI is InChI=1S/C45H32BFN7/c1-53(41-13-3-5-27-49-41)45-37-11-7-9-35-33(23-25-39(43(35)37)54(45)46-47)29-16-20-31(21-17-29)50-30-18-14-28(15-19-30)32-22-24-38-42-34(32)8-6-10-36(42)44(51-38)52-40-12-2-4-26-48-40/h2-27,45,50H,1H3,(H,48,51,52)/p+3. The number of rotatable bonds is 8. The highest BCUT2D eigenvalue weighted by molar-refractivity contribution is 6.36. The molecule has 2 aromatic heterocycles. The number of anilines is 4. The summed E-state index contributed by atoms with van der Waals surface area (Å²) in [5, 5.41) is 10.4. The fraction of sp³-hybridized carbons (Fsp3) is 0.0444. The van der Waals surface area contributed by atoms with Gasteiger partial charge < -0.3 is 14.4 Å². The van der Waals surface area contributed by atoms with Crippen LogP contribution in [0.25, 0.3) is 43.8 Å². The summed E-state index contributed by atoms with van der Waals surface area (Å²) >= 11 is 0. The highest BCUT2D eigenvalue weighted by Crippen LogP contribution is 2.48. The maximum atomic E-state index is 14.6. The summed E-state index contributed by atoms with van der Waals surface area (Å²) in [6.07, 6.45) is 3.46. The van der Waals surface area contributed by atoms with Gasteiger partial charge in [-0.3, -0.25) is 0 Å². The second-order valence-electron chi connectivity index (χ2n) is 13.7. The third-order valence-electron chi connectivity index (χ3n) is 10.7. The van der Waals surface area contributed by atoms with Gasteiger partial charge >= 0.3 is 19.3 Å².